The van der Waals surface area contributed by atoms with Crippen molar-refractivity contribution < 1.29 is 18.0 Å². The smallest absolute Gasteiger partial charge is 0.253 e. The summed E-state index contributed by atoms with van der Waals surface area (Å²) in [6, 6.07) is 13.5. The number of rotatable bonds is 9. The predicted molar refractivity (Wildman–Crippen MR) is 116 cm³/mol. The van der Waals surface area contributed by atoms with Gasteiger partial charge in [-0.2, -0.15) is 0 Å². The minimum absolute atomic E-state index is 0.284. The topological polar surface area (TPSA) is 95.6 Å². The third kappa shape index (κ3) is 6.60. The third-order valence-corrected chi connectivity index (χ3v) is 5.41. The summed E-state index contributed by atoms with van der Waals surface area (Å²) in [6.45, 7) is 4.08. The van der Waals surface area contributed by atoms with Gasteiger partial charge >= 0.3 is 0 Å². The van der Waals surface area contributed by atoms with E-state index < -0.39 is 22.5 Å². The van der Waals surface area contributed by atoms with Crippen LogP contribution in [0.5, 0.6) is 0 Å². The molecule has 2 aromatic rings. The Morgan fingerprint density at radius 2 is 1.69 bits per heavy atom. The summed E-state index contributed by atoms with van der Waals surface area (Å²) in [5.74, 6) is -0.822. The van der Waals surface area contributed by atoms with E-state index in [1.54, 1.807) is 48.5 Å². The fraction of sp³-hybridized carbons (Fsp3) is 0.333. The van der Waals surface area contributed by atoms with Gasteiger partial charge in [-0.25, -0.2) is 8.42 Å². The Bertz CT molecular complexity index is 956. The summed E-state index contributed by atoms with van der Waals surface area (Å²) in [4.78, 5) is 25.0. The first-order chi connectivity index (χ1) is 13.7. The van der Waals surface area contributed by atoms with Gasteiger partial charge in [0.15, 0.2) is 0 Å². The molecule has 0 atom stereocenters. The predicted octanol–water partition coefficient (Wildman–Crippen LogP) is 2.93. The van der Waals surface area contributed by atoms with Crippen molar-refractivity contribution in [3.8, 4) is 0 Å². The lowest BCUT2D eigenvalue weighted by atomic mass is 10.1. The SMILES string of the molecule is CCCCNC(=O)c1ccccc1NC(=O)CN(c1ccc(C)cc1)S(C)(=O)=O. The van der Waals surface area contributed by atoms with E-state index in [0.717, 1.165) is 29.0 Å². The molecule has 0 bridgehead atoms. The summed E-state index contributed by atoms with van der Waals surface area (Å²) < 4.78 is 25.5. The maximum absolute atomic E-state index is 12.6. The van der Waals surface area contributed by atoms with Gasteiger partial charge in [0.25, 0.3) is 5.91 Å². The molecule has 0 radical (unpaired) electrons. The minimum atomic E-state index is -3.67. The molecule has 156 valence electrons. The number of sulfonamides is 1. The average molecular weight is 418 g/mol. The van der Waals surface area contributed by atoms with Crippen molar-refractivity contribution in [3.63, 3.8) is 0 Å². The van der Waals surface area contributed by atoms with Gasteiger partial charge in [-0.05, 0) is 37.6 Å². The molecule has 0 saturated heterocycles. The zero-order valence-electron chi connectivity index (χ0n) is 16.9. The van der Waals surface area contributed by atoms with E-state index in [1.165, 1.54) is 0 Å². The maximum Gasteiger partial charge on any atom is 0.253 e. The summed E-state index contributed by atoms with van der Waals surface area (Å²) in [7, 11) is -3.67. The number of carbonyl (C=O) groups is 2. The van der Waals surface area contributed by atoms with Crippen molar-refractivity contribution in [3.05, 3.63) is 59.7 Å². The van der Waals surface area contributed by atoms with E-state index in [9.17, 15) is 18.0 Å². The highest BCUT2D eigenvalue weighted by Crippen LogP contribution is 2.19. The van der Waals surface area contributed by atoms with Gasteiger partial charge in [-0.15, -0.1) is 0 Å². The highest BCUT2D eigenvalue weighted by molar-refractivity contribution is 7.92. The average Bonchev–Trinajstić information content (AvgIpc) is 2.66. The van der Waals surface area contributed by atoms with E-state index in [2.05, 4.69) is 10.6 Å². The summed E-state index contributed by atoms with van der Waals surface area (Å²) in [5, 5.41) is 5.47. The molecule has 0 aliphatic heterocycles. The number of anilines is 2. The molecule has 0 aliphatic rings. The van der Waals surface area contributed by atoms with Crippen LogP contribution in [0.1, 0.15) is 35.7 Å². The third-order valence-electron chi connectivity index (χ3n) is 4.27. The second kappa shape index (κ2) is 10.1. The van der Waals surface area contributed by atoms with E-state index >= 15 is 0 Å². The van der Waals surface area contributed by atoms with Crippen LogP contribution in [0.25, 0.3) is 0 Å². The van der Waals surface area contributed by atoms with Crippen molar-refractivity contribution in [2.45, 2.75) is 26.7 Å². The normalized spacial score (nSPS) is 11.0. The van der Waals surface area contributed by atoms with Crippen molar-refractivity contribution in [1.82, 2.24) is 5.32 Å². The molecule has 0 aliphatic carbocycles. The monoisotopic (exact) mass is 417 g/mol. The number of aryl methyl sites for hydroxylation is 1. The summed E-state index contributed by atoms with van der Waals surface area (Å²) in [5.41, 5.74) is 2.05. The summed E-state index contributed by atoms with van der Waals surface area (Å²) in [6.07, 6.45) is 2.87. The Kier molecular flexibility index (Phi) is 7.78. The molecule has 0 aromatic heterocycles. The molecule has 0 heterocycles. The van der Waals surface area contributed by atoms with Crippen LogP contribution in [-0.2, 0) is 14.8 Å². The van der Waals surface area contributed by atoms with Crippen LogP contribution in [0, 0.1) is 6.92 Å². The lowest BCUT2D eigenvalue weighted by molar-refractivity contribution is -0.114. The lowest BCUT2D eigenvalue weighted by Gasteiger charge is -2.22. The molecule has 0 spiro atoms. The highest BCUT2D eigenvalue weighted by Gasteiger charge is 2.22. The van der Waals surface area contributed by atoms with Crippen LogP contribution in [0.4, 0.5) is 11.4 Å². The molecule has 2 N–H and O–H groups in total. The molecular weight excluding hydrogens is 390 g/mol. The molecule has 2 aromatic carbocycles. The van der Waals surface area contributed by atoms with E-state index in [4.69, 9.17) is 0 Å². The Balaban J connectivity index is 2.17. The molecule has 2 rings (SSSR count). The largest absolute Gasteiger partial charge is 0.352 e. The number of amides is 2. The maximum atomic E-state index is 12.6. The quantitative estimate of drug-likeness (QED) is 0.613. The molecule has 7 nitrogen and oxygen atoms in total. The van der Waals surface area contributed by atoms with Gasteiger partial charge < -0.3 is 10.6 Å². The molecule has 0 fully saturated rings. The van der Waals surface area contributed by atoms with Gasteiger partial charge in [0.1, 0.15) is 6.54 Å². The van der Waals surface area contributed by atoms with Crippen LogP contribution in [0.15, 0.2) is 48.5 Å². The van der Waals surface area contributed by atoms with Gasteiger partial charge in [0.05, 0.1) is 23.2 Å². The fourth-order valence-corrected chi connectivity index (χ4v) is 3.55. The molecule has 29 heavy (non-hydrogen) atoms. The first-order valence-corrected chi connectivity index (χ1v) is 11.3. The highest BCUT2D eigenvalue weighted by atomic mass is 32.2. The number of benzene rings is 2. The van der Waals surface area contributed by atoms with Crippen molar-refractivity contribution in [1.29, 1.82) is 0 Å². The number of nitrogens with zero attached hydrogens (tertiary/aromatic N) is 1. The first-order valence-electron chi connectivity index (χ1n) is 9.44. The number of hydrogen-bond acceptors (Lipinski definition) is 4. The van der Waals surface area contributed by atoms with Crippen LogP contribution >= 0.6 is 0 Å². The van der Waals surface area contributed by atoms with Crippen LogP contribution in [0.3, 0.4) is 0 Å². The van der Waals surface area contributed by atoms with E-state index in [0.29, 0.717) is 23.5 Å². The van der Waals surface area contributed by atoms with Gasteiger partial charge in [0.2, 0.25) is 15.9 Å². The van der Waals surface area contributed by atoms with Crippen molar-refractivity contribution in [2.75, 3.05) is 29.0 Å². The van der Waals surface area contributed by atoms with Crippen LogP contribution in [0.2, 0.25) is 0 Å². The van der Waals surface area contributed by atoms with Gasteiger partial charge in [0, 0.05) is 6.54 Å². The van der Waals surface area contributed by atoms with Crippen LogP contribution < -0.4 is 14.9 Å². The standard InChI is InChI=1S/C21H27N3O4S/c1-4-5-14-22-21(26)18-8-6-7-9-19(18)23-20(25)15-24(29(3,27)28)17-12-10-16(2)11-13-17/h6-13H,4-5,14-15H2,1-3H3,(H,22,26)(H,23,25). The lowest BCUT2D eigenvalue weighted by Crippen LogP contribution is -2.37. The fourth-order valence-electron chi connectivity index (χ4n) is 2.70. The molecular formula is C21H27N3O4S. The molecule has 8 heteroatoms. The summed E-state index contributed by atoms with van der Waals surface area (Å²) >= 11 is 0. The van der Waals surface area contributed by atoms with E-state index in [1.807, 2.05) is 13.8 Å². The molecule has 0 saturated carbocycles. The number of carbonyl (C=O) groups excluding carboxylic acids is 2. The number of nitrogens with one attached hydrogen (secondary N) is 2. The Morgan fingerprint density at radius 3 is 2.31 bits per heavy atom. The van der Waals surface area contributed by atoms with E-state index in [-0.39, 0.29) is 5.91 Å². The van der Waals surface area contributed by atoms with Crippen molar-refractivity contribution >= 4 is 33.2 Å². The Labute approximate surface area is 172 Å². The number of para-hydroxylation sites is 1. The molecule has 2 amide bonds. The van der Waals surface area contributed by atoms with Gasteiger partial charge in [-0.3, -0.25) is 13.9 Å². The number of unbranched alkanes of at least 4 members (excludes halogenated alkanes) is 1. The molecule has 0 unspecified atom stereocenters. The van der Waals surface area contributed by atoms with Gasteiger partial charge in [-0.1, -0.05) is 43.2 Å². The van der Waals surface area contributed by atoms with Crippen molar-refractivity contribution in [2.24, 2.45) is 0 Å². The Hall–Kier alpha value is -2.87. The zero-order valence-corrected chi connectivity index (χ0v) is 17.8. The zero-order chi connectivity index (χ0) is 21.4. The van der Waals surface area contributed by atoms with Crippen LogP contribution in [-0.4, -0.2) is 39.6 Å². The Morgan fingerprint density at radius 1 is 1.03 bits per heavy atom. The minimum Gasteiger partial charge on any atom is -0.352 e. The number of hydrogen-bond donors (Lipinski definition) is 2. The second-order valence-electron chi connectivity index (χ2n) is 6.81. The second-order valence-corrected chi connectivity index (χ2v) is 8.72. The first kappa shape index (κ1) is 22.4.